The predicted octanol–water partition coefficient (Wildman–Crippen LogP) is 2.88. The zero-order valence-electron chi connectivity index (χ0n) is 17.5. The van der Waals surface area contributed by atoms with Gasteiger partial charge < -0.3 is 11.1 Å². The fourth-order valence-electron chi connectivity index (χ4n) is 2.85. The first-order valence-electron chi connectivity index (χ1n) is 9.14. The highest BCUT2D eigenvalue weighted by molar-refractivity contribution is 7.90. The molecule has 0 aliphatic rings. The Morgan fingerprint density at radius 1 is 1.32 bits per heavy atom. The van der Waals surface area contributed by atoms with Gasteiger partial charge in [0.2, 0.25) is 5.91 Å². The van der Waals surface area contributed by atoms with Crippen LogP contribution >= 0.6 is 11.3 Å². The van der Waals surface area contributed by atoms with Crippen LogP contribution in [0.3, 0.4) is 0 Å². The molecule has 1 aromatic carbocycles. The van der Waals surface area contributed by atoms with Gasteiger partial charge in [-0.3, -0.25) is 14.5 Å². The van der Waals surface area contributed by atoms with Crippen molar-refractivity contribution in [3.63, 3.8) is 0 Å². The van der Waals surface area contributed by atoms with E-state index in [0.29, 0.717) is 16.1 Å². The smallest absolute Gasteiger partial charge is 0.321 e. The van der Waals surface area contributed by atoms with E-state index in [2.05, 4.69) is 15.6 Å². The van der Waals surface area contributed by atoms with Crippen molar-refractivity contribution in [1.29, 1.82) is 0 Å². The average molecular weight is 475 g/mol. The second kappa shape index (κ2) is 9.27. The van der Waals surface area contributed by atoms with Gasteiger partial charge in [0, 0.05) is 18.2 Å². The minimum atomic E-state index is -3.69. The third-order valence-corrected chi connectivity index (χ3v) is 6.96. The number of benzene rings is 1. The van der Waals surface area contributed by atoms with Crippen LogP contribution in [0, 0.1) is 24.1 Å². The van der Waals surface area contributed by atoms with Crippen molar-refractivity contribution in [2.45, 2.75) is 25.7 Å². The van der Waals surface area contributed by atoms with Gasteiger partial charge in [-0.25, -0.2) is 22.6 Å². The summed E-state index contributed by atoms with van der Waals surface area (Å²) in [6.07, 6.45) is 0.918. The zero-order valence-corrected chi connectivity index (χ0v) is 19.1. The van der Waals surface area contributed by atoms with Crippen molar-refractivity contribution in [1.82, 2.24) is 10.3 Å². The average Bonchev–Trinajstić information content (AvgIpc) is 3.00. The van der Waals surface area contributed by atoms with Crippen LogP contribution in [0.2, 0.25) is 0 Å². The topological polar surface area (TPSA) is 131 Å². The van der Waals surface area contributed by atoms with Crippen LogP contribution in [0.5, 0.6) is 0 Å². The number of primary amides is 1. The summed E-state index contributed by atoms with van der Waals surface area (Å²) >= 11 is 1.06. The summed E-state index contributed by atoms with van der Waals surface area (Å²) in [4.78, 5) is 28.1. The first-order chi connectivity index (χ1) is 14.3. The van der Waals surface area contributed by atoms with Gasteiger partial charge in [-0.15, -0.1) is 0 Å². The van der Waals surface area contributed by atoms with Gasteiger partial charge in [-0.2, -0.15) is 0 Å². The molecule has 1 aromatic heterocycles. The van der Waals surface area contributed by atoms with Crippen molar-refractivity contribution in [3.8, 4) is 10.4 Å². The number of urea groups is 1. The van der Waals surface area contributed by atoms with Gasteiger partial charge in [0.1, 0.15) is 10.7 Å². The minimum absolute atomic E-state index is 0.159. The molecule has 4 N–H and O–H groups in total. The van der Waals surface area contributed by atoms with Gasteiger partial charge in [-0.1, -0.05) is 31.3 Å². The largest absolute Gasteiger partial charge is 0.369 e. The van der Waals surface area contributed by atoms with E-state index in [-0.39, 0.29) is 11.7 Å². The SMILES string of the molecule is Cc1nc(NC(=O)NCC(C(N)=O)C(C)(C)CF)sc1-c1ccc(S(C)(=O)=O)c(F)c1. The lowest BCUT2D eigenvalue weighted by atomic mass is 9.79. The lowest BCUT2D eigenvalue weighted by molar-refractivity contribution is -0.125. The van der Waals surface area contributed by atoms with Crippen LogP contribution in [-0.2, 0) is 14.6 Å². The van der Waals surface area contributed by atoms with Crippen molar-refractivity contribution in [2.75, 3.05) is 24.8 Å². The molecule has 0 saturated heterocycles. The first kappa shape index (κ1) is 24.7. The zero-order chi connectivity index (χ0) is 23.6. The molecule has 1 unspecified atom stereocenters. The first-order valence-corrected chi connectivity index (χ1v) is 11.8. The number of hydrogen-bond acceptors (Lipinski definition) is 6. The molecule has 1 heterocycles. The molecule has 2 aromatic rings. The number of thiazole rings is 1. The molecular weight excluding hydrogens is 450 g/mol. The Balaban J connectivity index is 2.14. The third-order valence-electron chi connectivity index (χ3n) is 4.71. The number of sulfone groups is 1. The molecule has 0 spiro atoms. The van der Waals surface area contributed by atoms with Crippen LogP contribution in [0.4, 0.5) is 18.7 Å². The van der Waals surface area contributed by atoms with Crippen LogP contribution in [-0.4, -0.2) is 44.8 Å². The Morgan fingerprint density at radius 2 is 1.97 bits per heavy atom. The Hall–Kier alpha value is -2.60. The minimum Gasteiger partial charge on any atom is -0.369 e. The van der Waals surface area contributed by atoms with Crippen molar-refractivity contribution in [2.24, 2.45) is 17.1 Å². The molecule has 0 radical (unpaired) electrons. The molecule has 12 heteroatoms. The summed E-state index contributed by atoms with van der Waals surface area (Å²) in [7, 11) is -3.69. The summed E-state index contributed by atoms with van der Waals surface area (Å²) in [6, 6.07) is 3.06. The molecule has 8 nitrogen and oxygen atoms in total. The lowest BCUT2D eigenvalue weighted by Crippen LogP contribution is -2.45. The molecule has 0 bridgehead atoms. The molecular formula is C19H24F2N4O4S2. The van der Waals surface area contributed by atoms with Gasteiger partial charge >= 0.3 is 6.03 Å². The number of aromatic nitrogens is 1. The Morgan fingerprint density at radius 3 is 2.48 bits per heavy atom. The van der Waals surface area contributed by atoms with Gasteiger partial charge in [0.15, 0.2) is 15.0 Å². The number of alkyl halides is 1. The lowest BCUT2D eigenvalue weighted by Gasteiger charge is -2.29. The predicted molar refractivity (Wildman–Crippen MR) is 115 cm³/mol. The van der Waals surface area contributed by atoms with E-state index >= 15 is 0 Å². The van der Waals surface area contributed by atoms with Crippen LogP contribution in [0.25, 0.3) is 10.4 Å². The number of aryl methyl sites for hydroxylation is 1. The van der Waals surface area contributed by atoms with Crippen LogP contribution in [0.15, 0.2) is 23.1 Å². The maximum absolute atomic E-state index is 14.2. The number of carbonyl (C=O) groups excluding carboxylic acids is 2. The molecule has 0 aliphatic heterocycles. The molecule has 0 fully saturated rings. The van der Waals surface area contributed by atoms with Crippen molar-refractivity contribution < 1.29 is 26.8 Å². The van der Waals surface area contributed by atoms with Gasteiger partial charge in [-0.05, 0) is 24.6 Å². The monoisotopic (exact) mass is 474 g/mol. The molecule has 0 aliphatic carbocycles. The van der Waals surface area contributed by atoms with E-state index in [1.54, 1.807) is 6.92 Å². The van der Waals surface area contributed by atoms with Crippen molar-refractivity contribution >= 4 is 38.2 Å². The molecule has 1 atom stereocenters. The highest BCUT2D eigenvalue weighted by atomic mass is 32.2. The van der Waals surface area contributed by atoms with E-state index in [1.807, 2.05) is 0 Å². The van der Waals surface area contributed by atoms with Crippen molar-refractivity contribution in [3.05, 3.63) is 29.7 Å². The number of halogens is 2. The molecule has 31 heavy (non-hydrogen) atoms. The summed E-state index contributed by atoms with van der Waals surface area (Å²) in [6.45, 7) is 3.78. The molecule has 170 valence electrons. The normalized spacial score (nSPS) is 13.0. The Labute approximate surface area is 183 Å². The number of anilines is 1. The number of nitrogens with one attached hydrogen (secondary N) is 2. The second-order valence-electron chi connectivity index (χ2n) is 7.76. The summed E-state index contributed by atoms with van der Waals surface area (Å²) in [5, 5.41) is 5.19. The Bertz CT molecular complexity index is 1100. The fraction of sp³-hybridized carbons (Fsp3) is 0.421. The van der Waals surface area contributed by atoms with E-state index in [0.717, 1.165) is 23.7 Å². The van der Waals surface area contributed by atoms with E-state index in [4.69, 9.17) is 5.73 Å². The number of carbonyl (C=O) groups is 2. The maximum atomic E-state index is 14.2. The highest BCUT2D eigenvalue weighted by Crippen LogP contribution is 2.34. The van der Waals surface area contributed by atoms with E-state index in [9.17, 15) is 26.8 Å². The number of rotatable bonds is 8. The number of amides is 3. The summed E-state index contributed by atoms with van der Waals surface area (Å²) < 4.78 is 50.5. The molecule has 3 amide bonds. The van der Waals surface area contributed by atoms with E-state index < -0.39 is 50.5 Å². The number of hydrogen-bond donors (Lipinski definition) is 3. The van der Waals surface area contributed by atoms with Gasteiger partial charge in [0.25, 0.3) is 0 Å². The van der Waals surface area contributed by atoms with Gasteiger partial charge in [0.05, 0.1) is 23.2 Å². The van der Waals surface area contributed by atoms with Crippen LogP contribution in [0.1, 0.15) is 19.5 Å². The quantitative estimate of drug-likeness (QED) is 0.541. The highest BCUT2D eigenvalue weighted by Gasteiger charge is 2.34. The number of nitrogens with zero attached hydrogens (tertiary/aromatic N) is 1. The molecule has 2 rings (SSSR count). The molecule has 0 saturated carbocycles. The summed E-state index contributed by atoms with van der Waals surface area (Å²) in [5.41, 5.74) is 5.19. The van der Waals surface area contributed by atoms with Crippen LogP contribution < -0.4 is 16.4 Å². The third kappa shape index (κ3) is 5.97. The summed E-state index contributed by atoms with van der Waals surface area (Å²) in [5.74, 6) is -2.52. The number of nitrogens with two attached hydrogens (primary N) is 1. The Kier molecular flexibility index (Phi) is 7.37. The second-order valence-corrected chi connectivity index (χ2v) is 10.7. The maximum Gasteiger partial charge on any atom is 0.321 e. The fourth-order valence-corrected chi connectivity index (χ4v) is 4.54. The standard InChI is InChI=1S/C19H24F2N4O4S2/c1-10-15(11-5-6-14(13(21)7-11)31(4,28)29)30-18(24-10)25-17(27)23-8-12(16(22)26)19(2,3)9-20/h5-7,12H,8-9H2,1-4H3,(H2,22,26)(H2,23,24,25,27). The van der Waals surface area contributed by atoms with E-state index in [1.165, 1.54) is 26.0 Å².